The number of anilines is 2. The van der Waals surface area contributed by atoms with Crippen molar-refractivity contribution in [2.24, 2.45) is 0 Å². The van der Waals surface area contributed by atoms with E-state index in [4.69, 9.17) is 0 Å². The third-order valence-corrected chi connectivity index (χ3v) is 5.22. The summed E-state index contributed by atoms with van der Waals surface area (Å²) in [5.74, 6) is -4.33. The Labute approximate surface area is 155 Å². The third-order valence-electron chi connectivity index (χ3n) is 5.22. The van der Waals surface area contributed by atoms with E-state index in [1.54, 1.807) is 6.07 Å². The molecular formula is C21H19NO5. The van der Waals surface area contributed by atoms with E-state index >= 15 is 0 Å². The average molecular weight is 365 g/mol. The molecule has 1 aliphatic carbocycles. The lowest BCUT2D eigenvalue weighted by Gasteiger charge is -2.22. The van der Waals surface area contributed by atoms with Crippen LogP contribution in [0.1, 0.15) is 25.0 Å². The van der Waals surface area contributed by atoms with Crippen LogP contribution in [0.3, 0.4) is 0 Å². The number of benzene rings is 3. The number of phenolic OH excluding ortho intramolecular Hbond substituents is 5. The summed E-state index contributed by atoms with van der Waals surface area (Å²) in [6, 6.07) is 13.8. The van der Waals surface area contributed by atoms with Gasteiger partial charge < -0.3 is 30.8 Å². The summed E-state index contributed by atoms with van der Waals surface area (Å²) in [5, 5.41) is 51.8. The van der Waals surface area contributed by atoms with Gasteiger partial charge in [0.1, 0.15) is 5.69 Å². The maximum absolute atomic E-state index is 10.0. The molecule has 0 saturated carbocycles. The summed E-state index contributed by atoms with van der Waals surface area (Å²) in [6.07, 6.45) is 0. The topological polar surface area (TPSA) is 113 Å². The Balaban J connectivity index is 1.81. The highest BCUT2D eigenvalue weighted by Crippen LogP contribution is 2.55. The number of fused-ring (bicyclic) bond motifs is 3. The van der Waals surface area contributed by atoms with Crippen LogP contribution in [-0.4, -0.2) is 25.5 Å². The molecule has 0 aliphatic heterocycles. The van der Waals surface area contributed by atoms with Gasteiger partial charge in [0.2, 0.25) is 17.2 Å². The van der Waals surface area contributed by atoms with Gasteiger partial charge >= 0.3 is 0 Å². The highest BCUT2D eigenvalue weighted by Gasteiger charge is 2.35. The Morgan fingerprint density at radius 3 is 1.89 bits per heavy atom. The van der Waals surface area contributed by atoms with Gasteiger partial charge in [0.15, 0.2) is 11.5 Å². The zero-order chi connectivity index (χ0) is 19.5. The van der Waals surface area contributed by atoms with E-state index in [0.717, 1.165) is 16.7 Å². The van der Waals surface area contributed by atoms with Crippen LogP contribution in [0.4, 0.5) is 11.4 Å². The molecule has 0 unspecified atom stereocenters. The van der Waals surface area contributed by atoms with Crippen LogP contribution in [0.25, 0.3) is 11.1 Å². The number of hydrogen-bond donors (Lipinski definition) is 6. The van der Waals surface area contributed by atoms with Crippen molar-refractivity contribution in [2.75, 3.05) is 5.32 Å². The van der Waals surface area contributed by atoms with E-state index in [-0.39, 0.29) is 11.1 Å². The lowest BCUT2D eigenvalue weighted by molar-refractivity contribution is 0.330. The summed E-state index contributed by atoms with van der Waals surface area (Å²) in [4.78, 5) is 0. The first-order valence-electron chi connectivity index (χ1n) is 8.43. The largest absolute Gasteiger partial charge is 0.503 e. The predicted molar refractivity (Wildman–Crippen MR) is 102 cm³/mol. The van der Waals surface area contributed by atoms with Gasteiger partial charge in [0, 0.05) is 11.1 Å². The number of aromatic hydroxyl groups is 5. The highest BCUT2D eigenvalue weighted by atomic mass is 16.4. The van der Waals surface area contributed by atoms with Crippen molar-refractivity contribution < 1.29 is 25.5 Å². The van der Waals surface area contributed by atoms with E-state index in [1.807, 2.05) is 24.3 Å². The molecule has 6 nitrogen and oxygen atoms in total. The van der Waals surface area contributed by atoms with E-state index in [2.05, 4.69) is 31.3 Å². The second kappa shape index (κ2) is 5.48. The smallest absolute Gasteiger partial charge is 0.208 e. The van der Waals surface area contributed by atoms with Crippen LogP contribution in [0.5, 0.6) is 28.7 Å². The molecule has 0 bridgehead atoms. The van der Waals surface area contributed by atoms with Gasteiger partial charge in [-0.05, 0) is 34.4 Å². The fourth-order valence-corrected chi connectivity index (χ4v) is 3.73. The molecule has 0 heterocycles. The molecule has 6 heteroatoms. The van der Waals surface area contributed by atoms with Crippen LogP contribution in [0.15, 0.2) is 42.5 Å². The standard InChI is InChI=1S/C21H19NO5/c1-21(2)13-6-4-3-5-11(13)12-8-7-10(9-14(12)21)22-15-16(23)18(25)20(27)19(26)17(15)24/h3-9,22-27H,1-2H3. The molecule has 0 spiro atoms. The molecule has 0 atom stereocenters. The SMILES string of the molecule is CC1(C)c2ccccc2-c2ccc(Nc3c(O)c(O)c(O)c(O)c3O)cc21. The molecule has 6 N–H and O–H groups in total. The third kappa shape index (κ3) is 2.26. The quantitative estimate of drug-likeness (QED) is 0.299. The Hall–Kier alpha value is -3.54. The number of phenols is 5. The van der Waals surface area contributed by atoms with Gasteiger partial charge in [0.05, 0.1) is 0 Å². The fourth-order valence-electron chi connectivity index (χ4n) is 3.73. The summed E-state index contributed by atoms with van der Waals surface area (Å²) >= 11 is 0. The average Bonchev–Trinajstić information content (AvgIpc) is 2.90. The van der Waals surface area contributed by atoms with Crippen LogP contribution in [0, 0.1) is 0 Å². The van der Waals surface area contributed by atoms with Crippen molar-refractivity contribution in [2.45, 2.75) is 19.3 Å². The molecule has 4 rings (SSSR count). The van der Waals surface area contributed by atoms with Gasteiger partial charge in [-0.2, -0.15) is 0 Å². The van der Waals surface area contributed by atoms with Gasteiger partial charge in [-0.1, -0.05) is 44.2 Å². The number of rotatable bonds is 2. The van der Waals surface area contributed by atoms with Gasteiger partial charge in [0.25, 0.3) is 0 Å². The maximum Gasteiger partial charge on any atom is 0.208 e. The highest BCUT2D eigenvalue weighted by molar-refractivity contribution is 5.86. The normalized spacial score (nSPS) is 13.9. The van der Waals surface area contributed by atoms with Crippen molar-refractivity contribution in [1.82, 2.24) is 0 Å². The van der Waals surface area contributed by atoms with E-state index < -0.39 is 28.7 Å². The molecule has 138 valence electrons. The molecule has 3 aromatic rings. The number of hydrogen-bond acceptors (Lipinski definition) is 6. The van der Waals surface area contributed by atoms with E-state index in [1.165, 1.54) is 5.56 Å². The molecule has 3 aromatic carbocycles. The second-order valence-electron chi connectivity index (χ2n) is 7.17. The monoisotopic (exact) mass is 365 g/mol. The minimum Gasteiger partial charge on any atom is -0.503 e. The molecule has 1 aliphatic rings. The Kier molecular flexibility index (Phi) is 3.43. The zero-order valence-electron chi connectivity index (χ0n) is 14.8. The predicted octanol–water partition coefficient (Wildman–Crippen LogP) is 4.26. The molecule has 0 saturated heterocycles. The molecule has 0 radical (unpaired) electrons. The Morgan fingerprint density at radius 2 is 1.22 bits per heavy atom. The molecule has 0 fully saturated rings. The Bertz CT molecular complexity index is 1060. The zero-order valence-corrected chi connectivity index (χ0v) is 14.8. The van der Waals surface area contributed by atoms with E-state index in [0.29, 0.717) is 5.69 Å². The second-order valence-corrected chi connectivity index (χ2v) is 7.17. The van der Waals surface area contributed by atoms with Crippen molar-refractivity contribution in [3.05, 3.63) is 53.6 Å². The van der Waals surface area contributed by atoms with Gasteiger partial charge in [-0.25, -0.2) is 0 Å². The van der Waals surface area contributed by atoms with Crippen LogP contribution in [0.2, 0.25) is 0 Å². The van der Waals surface area contributed by atoms with Gasteiger partial charge in [-0.15, -0.1) is 0 Å². The first-order chi connectivity index (χ1) is 12.7. The van der Waals surface area contributed by atoms with Crippen molar-refractivity contribution in [3.8, 4) is 39.9 Å². The summed E-state index contributed by atoms with van der Waals surface area (Å²) < 4.78 is 0. The summed E-state index contributed by atoms with van der Waals surface area (Å²) in [5.41, 5.74) is 4.57. The van der Waals surface area contributed by atoms with Crippen LogP contribution >= 0.6 is 0 Å². The maximum atomic E-state index is 10.0. The van der Waals surface area contributed by atoms with Crippen LogP contribution < -0.4 is 5.32 Å². The number of nitrogens with one attached hydrogen (secondary N) is 1. The first kappa shape index (κ1) is 16.9. The lowest BCUT2D eigenvalue weighted by atomic mass is 9.82. The van der Waals surface area contributed by atoms with Crippen molar-refractivity contribution in [1.29, 1.82) is 0 Å². The molecule has 0 amide bonds. The van der Waals surface area contributed by atoms with Crippen LogP contribution in [-0.2, 0) is 5.41 Å². The fraction of sp³-hybridized carbons (Fsp3) is 0.143. The molecular weight excluding hydrogens is 346 g/mol. The van der Waals surface area contributed by atoms with Gasteiger partial charge in [-0.3, -0.25) is 0 Å². The Morgan fingerprint density at radius 1 is 0.667 bits per heavy atom. The lowest BCUT2D eigenvalue weighted by Crippen LogP contribution is -2.15. The molecule has 0 aromatic heterocycles. The minimum absolute atomic E-state index is 0.229. The van der Waals surface area contributed by atoms with Crippen molar-refractivity contribution >= 4 is 11.4 Å². The van der Waals surface area contributed by atoms with Crippen molar-refractivity contribution in [3.63, 3.8) is 0 Å². The molecule has 27 heavy (non-hydrogen) atoms. The first-order valence-corrected chi connectivity index (χ1v) is 8.43. The summed E-state index contributed by atoms with van der Waals surface area (Å²) in [7, 11) is 0. The summed E-state index contributed by atoms with van der Waals surface area (Å²) in [6.45, 7) is 4.24. The van der Waals surface area contributed by atoms with E-state index in [9.17, 15) is 25.5 Å². The minimum atomic E-state index is -0.985.